The zero-order valence-electron chi connectivity index (χ0n) is 15.9. The predicted octanol–water partition coefficient (Wildman–Crippen LogP) is 3.00. The van der Waals surface area contributed by atoms with E-state index in [9.17, 15) is 9.59 Å². The van der Waals surface area contributed by atoms with Gasteiger partial charge in [0.1, 0.15) is 6.61 Å². The number of hydrogen-bond acceptors (Lipinski definition) is 3. The van der Waals surface area contributed by atoms with Crippen LogP contribution in [0.3, 0.4) is 0 Å². The molecule has 4 nitrogen and oxygen atoms in total. The van der Waals surface area contributed by atoms with Gasteiger partial charge in [-0.2, -0.15) is 0 Å². The summed E-state index contributed by atoms with van der Waals surface area (Å²) in [6.45, 7) is 5.24. The number of amides is 1. The van der Waals surface area contributed by atoms with Crippen molar-refractivity contribution in [3.63, 3.8) is 0 Å². The SMILES string of the molecule is C#CC#CC#CC#CN(CCOC(=O)c1ccc2ccccc2c1)C(=O)C(=C)C. The molecule has 1 amide bonds. The molecule has 0 spiro atoms. The van der Waals surface area contributed by atoms with Crippen LogP contribution in [-0.4, -0.2) is 29.9 Å². The molecule has 140 valence electrons. The minimum Gasteiger partial charge on any atom is -0.460 e. The summed E-state index contributed by atoms with van der Waals surface area (Å²) in [7, 11) is 0. The first-order valence-electron chi connectivity index (χ1n) is 8.62. The van der Waals surface area contributed by atoms with E-state index in [1.54, 1.807) is 19.1 Å². The van der Waals surface area contributed by atoms with E-state index in [4.69, 9.17) is 11.2 Å². The van der Waals surface area contributed by atoms with Gasteiger partial charge in [-0.05, 0) is 47.6 Å². The topological polar surface area (TPSA) is 46.6 Å². The lowest BCUT2D eigenvalue weighted by Gasteiger charge is -2.15. The molecule has 0 aromatic heterocycles. The molecule has 0 bridgehead atoms. The van der Waals surface area contributed by atoms with Gasteiger partial charge in [-0.1, -0.05) is 36.9 Å². The molecule has 0 saturated carbocycles. The molecule has 2 aromatic rings. The van der Waals surface area contributed by atoms with Crippen molar-refractivity contribution in [3.8, 4) is 48.0 Å². The number of carbonyl (C=O) groups is 2. The zero-order valence-corrected chi connectivity index (χ0v) is 15.9. The highest BCUT2D eigenvalue weighted by molar-refractivity contribution is 5.95. The lowest BCUT2D eigenvalue weighted by atomic mass is 10.1. The lowest BCUT2D eigenvalue weighted by Crippen LogP contribution is -2.30. The highest BCUT2D eigenvalue weighted by Gasteiger charge is 2.14. The van der Waals surface area contributed by atoms with E-state index in [0.29, 0.717) is 11.1 Å². The van der Waals surface area contributed by atoms with Crippen molar-refractivity contribution >= 4 is 22.6 Å². The van der Waals surface area contributed by atoms with Crippen LogP contribution >= 0.6 is 0 Å². The molecule has 0 unspecified atom stereocenters. The summed E-state index contributed by atoms with van der Waals surface area (Å²) >= 11 is 0. The van der Waals surface area contributed by atoms with Crippen molar-refractivity contribution in [2.24, 2.45) is 0 Å². The number of fused-ring (bicyclic) bond motifs is 1. The van der Waals surface area contributed by atoms with Gasteiger partial charge in [0, 0.05) is 29.4 Å². The second-order valence-electron chi connectivity index (χ2n) is 5.82. The van der Waals surface area contributed by atoms with Crippen LogP contribution in [-0.2, 0) is 9.53 Å². The fraction of sp³-hybridized carbons (Fsp3) is 0.120. The number of benzene rings is 2. The minimum absolute atomic E-state index is 0.0241. The van der Waals surface area contributed by atoms with Gasteiger partial charge in [0.25, 0.3) is 5.91 Å². The van der Waals surface area contributed by atoms with Gasteiger partial charge in [0.05, 0.1) is 12.1 Å². The Balaban J connectivity index is 2.02. The standard InChI is InChI=1S/C25H17NO3/c1-4-5-6-7-8-11-16-26(24(27)20(2)3)17-18-29-25(28)23-15-14-21-12-9-10-13-22(21)19-23/h1,9-10,12-15,19H,2,17-18H2,3H3. The van der Waals surface area contributed by atoms with Crippen molar-refractivity contribution in [3.05, 3.63) is 60.2 Å². The number of nitrogens with zero attached hydrogens (tertiary/aromatic N) is 1. The third-order valence-electron chi connectivity index (χ3n) is 3.66. The Hall–Kier alpha value is -4.38. The van der Waals surface area contributed by atoms with E-state index in [1.807, 2.05) is 30.3 Å². The monoisotopic (exact) mass is 379 g/mol. The molecule has 0 heterocycles. The molecule has 2 aromatic carbocycles. The second kappa shape index (κ2) is 10.7. The fourth-order valence-corrected chi connectivity index (χ4v) is 2.29. The number of terminal acetylenes is 1. The van der Waals surface area contributed by atoms with Gasteiger partial charge in [-0.15, -0.1) is 6.42 Å². The first kappa shape index (κ1) is 20.9. The van der Waals surface area contributed by atoms with Crippen LogP contribution in [0.4, 0.5) is 0 Å². The van der Waals surface area contributed by atoms with E-state index < -0.39 is 5.97 Å². The third-order valence-corrected chi connectivity index (χ3v) is 3.66. The molecule has 4 heteroatoms. The average molecular weight is 379 g/mol. The first-order valence-corrected chi connectivity index (χ1v) is 8.62. The number of esters is 1. The maximum Gasteiger partial charge on any atom is 0.338 e. The molecule has 0 fully saturated rings. The Morgan fingerprint density at radius 2 is 1.72 bits per heavy atom. The average Bonchev–Trinajstić information content (AvgIpc) is 2.73. The largest absolute Gasteiger partial charge is 0.460 e. The molecule has 0 atom stereocenters. The Labute approximate surface area is 170 Å². The molecule has 2 rings (SSSR count). The number of ether oxygens (including phenoxy) is 1. The molecule has 0 N–H and O–H groups in total. The molecular formula is C25H17NO3. The van der Waals surface area contributed by atoms with Crippen LogP contribution < -0.4 is 0 Å². The number of carbonyl (C=O) groups excluding carboxylic acids is 2. The van der Waals surface area contributed by atoms with Crippen LogP contribution in [0.25, 0.3) is 10.8 Å². The summed E-state index contributed by atoms with van der Waals surface area (Å²) in [5, 5.41) is 1.98. The summed E-state index contributed by atoms with van der Waals surface area (Å²) in [5.41, 5.74) is 0.741. The molecule has 0 aliphatic rings. The van der Waals surface area contributed by atoms with Gasteiger partial charge in [0.15, 0.2) is 0 Å². The number of rotatable bonds is 5. The fourth-order valence-electron chi connectivity index (χ4n) is 2.29. The zero-order chi connectivity index (χ0) is 21.1. The minimum atomic E-state index is -0.476. The summed E-state index contributed by atoms with van der Waals surface area (Å²) in [5.74, 6) is 13.4. The van der Waals surface area contributed by atoms with E-state index in [0.717, 1.165) is 10.8 Å². The Kier molecular flexibility index (Phi) is 7.72. The van der Waals surface area contributed by atoms with Crippen molar-refractivity contribution < 1.29 is 14.3 Å². The molecule has 0 saturated heterocycles. The highest BCUT2D eigenvalue weighted by atomic mass is 16.5. The van der Waals surface area contributed by atoms with Gasteiger partial charge < -0.3 is 4.74 Å². The van der Waals surface area contributed by atoms with Crippen LogP contribution in [0.1, 0.15) is 17.3 Å². The Bertz CT molecular complexity index is 1180. The third kappa shape index (κ3) is 6.37. The molecule has 0 radical (unpaired) electrons. The quantitative estimate of drug-likeness (QED) is 0.347. The summed E-state index contributed by atoms with van der Waals surface area (Å²) in [6, 6.07) is 15.6. The second-order valence-corrected chi connectivity index (χ2v) is 5.82. The van der Waals surface area contributed by atoms with Crippen molar-refractivity contribution in [2.75, 3.05) is 13.2 Å². The van der Waals surface area contributed by atoms with Gasteiger partial charge in [0.2, 0.25) is 0 Å². The van der Waals surface area contributed by atoms with E-state index in [-0.39, 0.29) is 19.1 Å². The van der Waals surface area contributed by atoms with E-state index in [2.05, 4.69) is 48.1 Å². The normalized spacial score (nSPS) is 8.69. The predicted molar refractivity (Wildman–Crippen MR) is 113 cm³/mol. The maximum atomic E-state index is 12.3. The highest BCUT2D eigenvalue weighted by Crippen LogP contribution is 2.16. The summed E-state index contributed by atoms with van der Waals surface area (Å²) in [6.07, 6.45) is 4.98. The van der Waals surface area contributed by atoms with Crippen LogP contribution in [0.15, 0.2) is 54.6 Å². The summed E-state index contributed by atoms with van der Waals surface area (Å²) < 4.78 is 5.29. The first-order chi connectivity index (χ1) is 14.0. The smallest absolute Gasteiger partial charge is 0.338 e. The lowest BCUT2D eigenvalue weighted by molar-refractivity contribution is -0.124. The van der Waals surface area contributed by atoms with Gasteiger partial charge >= 0.3 is 5.97 Å². The number of hydrogen-bond donors (Lipinski definition) is 0. The molecule has 0 aliphatic heterocycles. The van der Waals surface area contributed by atoms with E-state index >= 15 is 0 Å². The van der Waals surface area contributed by atoms with Crippen LogP contribution in [0.2, 0.25) is 0 Å². The Morgan fingerprint density at radius 3 is 2.45 bits per heavy atom. The van der Waals surface area contributed by atoms with Crippen molar-refractivity contribution in [2.45, 2.75) is 6.92 Å². The van der Waals surface area contributed by atoms with Crippen molar-refractivity contribution in [1.82, 2.24) is 4.90 Å². The van der Waals surface area contributed by atoms with Crippen molar-refractivity contribution in [1.29, 1.82) is 0 Å². The Morgan fingerprint density at radius 1 is 1.03 bits per heavy atom. The maximum absolute atomic E-state index is 12.3. The van der Waals surface area contributed by atoms with E-state index in [1.165, 1.54) is 4.90 Å². The molecule has 29 heavy (non-hydrogen) atoms. The molecular weight excluding hydrogens is 362 g/mol. The molecule has 0 aliphatic carbocycles. The van der Waals surface area contributed by atoms with Gasteiger partial charge in [-0.25, -0.2) is 4.79 Å². The van der Waals surface area contributed by atoms with Crippen LogP contribution in [0.5, 0.6) is 0 Å². The van der Waals surface area contributed by atoms with Gasteiger partial charge in [-0.3, -0.25) is 9.69 Å². The van der Waals surface area contributed by atoms with Crippen LogP contribution in [0, 0.1) is 48.0 Å². The summed E-state index contributed by atoms with van der Waals surface area (Å²) in [4.78, 5) is 25.7.